The number of sulfonamides is 1. The summed E-state index contributed by atoms with van der Waals surface area (Å²) in [5.41, 5.74) is -1.69. The number of benzene rings is 1. The van der Waals surface area contributed by atoms with Gasteiger partial charge in [0.2, 0.25) is 15.9 Å². The number of amides is 1. The van der Waals surface area contributed by atoms with Crippen LogP contribution < -0.4 is 10.1 Å². The Balaban J connectivity index is 1.71. The van der Waals surface area contributed by atoms with Gasteiger partial charge in [-0.05, 0) is 43.4 Å². The van der Waals surface area contributed by atoms with Crippen LogP contribution in [0.3, 0.4) is 0 Å². The van der Waals surface area contributed by atoms with Crippen LogP contribution in [0.4, 0.5) is 13.2 Å². The molecule has 0 saturated carbocycles. The number of likely N-dealkylation sites (tertiary alicyclic amines) is 1. The zero-order chi connectivity index (χ0) is 27.7. The summed E-state index contributed by atoms with van der Waals surface area (Å²) in [6.07, 6.45) is -2.68. The van der Waals surface area contributed by atoms with Crippen molar-refractivity contribution in [2.24, 2.45) is 5.92 Å². The van der Waals surface area contributed by atoms with Gasteiger partial charge in [0.1, 0.15) is 16.7 Å². The van der Waals surface area contributed by atoms with E-state index in [0.717, 1.165) is 36.1 Å². The van der Waals surface area contributed by atoms with Crippen LogP contribution in [0.5, 0.6) is 5.75 Å². The fourth-order valence-electron chi connectivity index (χ4n) is 5.63. The monoisotopic (exact) mass is 561 g/mol. The van der Waals surface area contributed by atoms with Gasteiger partial charge in [0.05, 0.1) is 18.3 Å². The van der Waals surface area contributed by atoms with Crippen LogP contribution in [-0.2, 0) is 25.7 Å². The molecule has 1 spiro atoms. The topological polar surface area (TPSA) is 88.2 Å². The highest BCUT2D eigenvalue weighted by molar-refractivity contribution is 7.89. The molecule has 0 unspecified atom stereocenters. The van der Waals surface area contributed by atoms with Crippen molar-refractivity contribution < 1.29 is 35.9 Å². The summed E-state index contributed by atoms with van der Waals surface area (Å²) in [5.74, 6) is -0.0785. The molecule has 0 bridgehead atoms. The number of carbonyl (C=O) groups is 1. The molecule has 0 aromatic heterocycles. The van der Waals surface area contributed by atoms with E-state index in [-0.39, 0.29) is 25.3 Å². The predicted octanol–water partition coefficient (Wildman–Crippen LogP) is 3.65. The average Bonchev–Trinajstić information content (AvgIpc) is 3.28. The van der Waals surface area contributed by atoms with E-state index < -0.39 is 50.3 Å². The van der Waals surface area contributed by atoms with Gasteiger partial charge in [0, 0.05) is 51.2 Å². The summed E-state index contributed by atoms with van der Waals surface area (Å²) in [6, 6.07) is 1.41. The Bertz CT molecular complexity index is 1100. The van der Waals surface area contributed by atoms with Gasteiger partial charge in [-0.2, -0.15) is 17.5 Å². The van der Waals surface area contributed by atoms with E-state index in [0.29, 0.717) is 44.3 Å². The first kappa shape index (κ1) is 29.1. The smallest absolute Gasteiger partial charge is 0.416 e. The lowest BCUT2D eigenvalue weighted by atomic mass is 9.83. The highest BCUT2D eigenvalue weighted by atomic mass is 32.2. The van der Waals surface area contributed by atoms with Crippen LogP contribution in [0.2, 0.25) is 0 Å². The number of piperidine rings is 1. The first-order chi connectivity index (χ1) is 17.8. The van der Waals surface area contributed by atoms with Crippen molar-refractivity contribution in [1.29, 1.82) is 0 Å². The minimum absolute atomic E-state index is 0.0608. The van der Waals surface area contributed by atoms with E-state index in [9.17, 15) is 26.4 Å². The van der Waals surface area contributed by atoms with Crippen molar-refractivity contribution in [1.82, 2.24) is 14.5 Å². The highest BCUT2D eigenvalue weighted by Crippen LogP contribution is 2.39. The molecule has 1 N–H and O–H groups in total. The van der Waals surface area contributed by atoms with Crippen LogP contribution in [0.15, 0.2) is 23.1 Å². The molecule has 214 valence electrons. The summed E-state index contributed by atoms with van der Waals surface area (Å²) >= 11 is 0. The molecule has 8 nitrogen and oxygen atoms in total. The van der Waals surface area contributed by atoms with Gasteiger partial charge in [0.25, 0.3) is 0 Å². The number of hydrogen-bond donors (Lipinski definition) is 1. The Labute approximate surface area is 222 Å². The van der Waals surface area contributed by atoms with Crippen molar-refractivity contribution in [3.63, 3.8) is 0 Å². The van der Waals surface area contributed by atoms with E-state index in [4.69, 9.17) is 9.47 Å². The summed E-state index contributed by atoms with van der Waals surface area (Å²) in [7, 11) is -4.51. The van der Waals surface area contributed by atoms with E-state index in [1.165, 1.54) is 0 Å². The van der Waals surface area contributed by atoms with Gasteiger partial charge in [-0.25, -0.2) is 8.42 Å². The third-order valence-corrected chi connectivity index (χ3v) is 9.49. The third kappa shape index (κ3) is 6.29. The van der Waals surface area contributed by atoms with Gasteiger partial charge >= 0.3 is 6.18 Å². The molecule has 12 heteroatoms. The molecule has 3 aliphatic rings. The van der Waals surface area contributed by atoms with Crippen molar-refractivity contribution in [2.45, 2.75) is 81.6 Å². The summed E-state index contributed by atoms with van der Waals surface area (Å²) in [6.45, 7) is 9.05. The Morgan fingerprint density at radius 1 is 1.21 bits per heavy atom. The minimum atomic E-state index is -4.74. The molecule has 2 fully saturated rings. The van der Waals surface area contributed by atoms with E-state index in [1.54, 1.807) is 0 Å². The minimum Gasteiger partial charge on any atom is -0.492 e. The van der Waals surface area contributed by atoms with Gasteiger partial charge in [-0.15, -0.1) is 0 Å². The molecular formula is C26H38F3N3O5S. The SMILES string of the molecule is CCCO[C@@H]1C[C@H]2C(=O)NC3(CCOc4ccc(C(F)(F)F)cc4S(=O)(=O)N2C1)CCN(CC(C)C)CC3. The number of alkyl halides is 3. The second kappa shape index (κ2) is 11.3. The number of halogens is 3. The zero-order valence-electron chi connectivity index (χ0n) is 22.2. The molecule has 4 rings (SSSR count). The molecule has 1 aromatic carbocycles. The molecule has 2 atom stereocenters. The highest BCUT2D eigenvalue weighted by Gasteiger charge is 2.48. The molecule has 38 heavy (non-hydrogen) atoms. The maximum absolute atomic E-state index is 13.8. The van der Waals surface area contributed by atoms with Crippen LogP contribution in [0.1, 0.15) is 58.4 Å². The number of nitrogens with one attached hydrogen (secondary N) is 1. The summed E-state index contributed by atoms with van der Waals surface area (Å²) < 4.78 is 80.9. The first-order valence-electron chi connectivity index (χ1n) is 13.4. The molecule has 1 aromatic rings. The van der Waals surface area contributed by atoms with Crippen LogP contribution in [0, 0.1) is 5.92 Å². The largest absolute Gasteiger partial charge is 0.492 e. The molecular weight excluding hydrogens is 523 g/mol. The second-order valence-corrected chi connectivity index (χ2v) is 12.9. The second-order valence-electron chi connectivity index (χ2n) is 11.0. The van der Waals surface area contributed by atoms with Crippen LogP contribution >= 0.6 is 0 Å². The van der Waals surface area contributed by atoms with Crippen molar-refractivity contribution in [3.05, 3.63) is 23.8 Å². The number of nitrogens with zero attached hydrogens (tertiary/aromatic N) is 2. The first-order valence-corrected chi connectivity index (χ1v) is 14.8. The van der Waals surface area contributed by atoms with E-state index >= 15 is 0 Å². The molecule has 3 aliphatic heterocycles. The van der Waals surface area contributed by atoms with Gasteiger partial charge < -0.3 is 19.7 Å². The van der Waals surface area contributed by atoms with Crippen molar-refractivity contribution in [2.75, 3.05) is 39.4 Å². The Kier molecular flexibility index (Phi) is 8.66. The number of carbonyl (C=O) groups excluding carboxylic acids is 1. The lowest BCUT2D eigenvalue weighted by Crippen LogP contribution is -2.59. The average molecular weight is 562 g/mol. The predicted molar refractivity (Wildman–Crippen MR) is 135 cm³/mol. The third-order valence-electron chi connectivity index (χ3n) is 7.60. The van der Waals surface area contributed by atoms with Crippen LogP contribution in [-0.4, -0.2) is 80.6 Å². The quantitative estimate of drug-likeness (QED) is 0.591. The van der Waals surface area contributed by atoms with Crippen molar-refractivity contribution in [3.8, 4) is 5.75 Å². The molecule has 2 saturated heterocycles. The molecule has 3 heterocycles. The van der Waals surface area contributed by atoms with Gasteiger partial charge in [-0.1, -0.05) is 20.8 Å². The fraction of sp³-hybridized carbons (Fsp3) is 0.731. The van der Waals surface area contributed by atoms with Crippen molar-refractivity contribution >= 4 is 15.9 Å². The fourth-order valence-corrected chi connectivity index (χ4v) is 7.42. The number of hydrogen-bond acceptors (Lipinski definition) is 6. The number of rotatable bonds is 5. The normalized spacial score (nSPS) is 26.3. The number of ether oxygens (including phenoxy) is 2. The molecule has 1 amide bonds. The maximum Gasteiger partial charge on any atom is 0.416 e. The Morgan fingerprint density at radius 2 is 1.92 bits per heavy atom. The zero-order valence-corrected chi connectivity index (χ0v) is 23.0. The van der Waals surface area contributed by atoms with E-state index in [2.05, 4.69) is 24.1 Å². The standard InChI is InChI=1S/C26H38F3N3O5S/c1-4-12-36-20-15-21-24(33)30-25(7-10-31(11-8-25)16-18(2)3)9-13-37-22-6-5-19(26(27,28)29)14-23(22)38(34,35)32(21)17-20/h5-6,14,18,20-21H,4,7-13,15-17H2,1-3H3,(H,30,33)/t20-,21+/m1/s1. The maximum atomic E-state index is 13.8. The van der Waals surface area contributed by atoms with E-state index in [1.807, 2.05) is 6.92 Å². The number of fused-ring (bicyclic) bond motifs is 2. The lowest BCUT2D eigenvalue weighted by Gasteiger charge is -2.43. The molecule has 0 aliphatic carbocycles. The summed E-state index contributed by atoms with van der Waals surface area (Å²) in [4.78, 5) is 15.5. The summed E-state index contributed by atoms with van der Waals surface area (Å²) in [5, 5.41) is 3.16. The Hall–Kier alpha value is -1.89. The van der Waals surface area contributed by atoms with Gasteiger partial charge in [0.15, 0.2) is 0 Å². The van der Waals surface area contributed by atoms with Crippen LogP contribution in [0.25, 0.3) is 0 Å². The Morgan fingerprint density at radius 3 is 2.55 bits per heavy atom. The molecule has 0 radical (unpaired) electrons. The van der Waals surface area contributed by atoms with Gasteiger partial charge in [-0.3, -0.25) is 4.79 Å². The lowest BCUT2D eigenvalue weighted by molar-refractivity contribution is -0.137.